The molecule has 0 unspecified atom stereocenters. The SMILES string of the molecule is CCOC(OCC)c1cc(NC(c2ccccc2)(c2ccccc2)c2ccccc2)c(F)c(Cc2ccc(F)cc2)n1.Nc1cc(C=O)nc(Cc2ccc(F)cc2)c1F.O=S(=O)(O)O. The largest absolute Gasteiger partial charge is 0.396 e. The van der Waals surface area contributed by atoms with Crippen LogP contribution >= 0.6 is 0 Å². The van der Waals surface area contributed by atoms with E-state index in [1.165, 1.54) is 42.5 Å². The highest BCUT2D eigenvalue weighted by Crippen LogP contribution is 2.41. The lowest BCUT2D eigenvalue weighted by molar-refractivity contribution is -0.142. The van der Waals surface area contributed by atoms with Crippen molar-refractivity contribution in [2.45, 2.75) is 38.5 Å². The Morgan fingerprint density at radius 3 is 1.43 bits per heavy atom. The molecule has 11 nitrogen and oxygen atoms in total. The molecule has 0 aliphatic carbocycles. The molecule has 16 heteroatoms. The van der Waals surface area contributed by atoms with Gasteiger partial charge in [-0.3, -0.25) is 13.9 Å². The minimum Gasteiger partial charge on any atom is -0.396 e. The van der Waals surface area contributed by atoms with E-state index in [1.807, 2.05) is 105 Å². The van der Waals surface area contributed by atoms with Gasteiger partial charge in [-0.1, -0.05) is 115 Å². The van der Waals surface area contributed by atoms with Crippen LogP contribution in [0, 0.1) is 23.3 Å². The maximum atomic E-state index is 16.6. The third-order valence-corrected chi connectivity index (χ3v) is 9.63. The van der Waals surface area contributed by atoms with Crippen molar-refractivity contribution < 1.29 is 49.4 Å². The molecule has 65 heavy (non-hydrogen) atoms. The van der Waals surface area contributed by atoms with Crippen LogP contribution in [-0.2, 0) is 38.3 Å². The number of hydrogen-bond acceptors (Lipinski definition) is 9. The topological polar surface area (TPSA) is 174 Å². The number of rotatable bonds is 15. The van der Waals surface area contributed by atoms with Crippen molar-refractivity contribution in [3.63, 3.8) is 0 Å². The summed E-state index contributed by atoms with van der Waals surface area (Å²) in [5.74, 6) is -1.87. The Hall–Kier alpha value is -6.82. The number of pyridine rings is 2. The molecule has 0 amide bonds. The summed E-state index contributed by atoms with van der Waals surface area (Å²) in [7, 11) is -4.67. The number of aldehydes is 1. The lowest BCUT2D eigenvalue weighted by atomic mass is 9.76. The predicted octanol–water partition coefficient (Wildman–Crippen LogP) is 10.1. The van der Waals surface area contributed by atoms with Gasteiger partial charge in [0.25, 0.3) is 0 Å². The zero-order chi connectivity index (χ0) is 47.0. The summed E-state index contributed by atoms with van der Waals surface area (Å²) < 4.78 is 100. The normalized spacial score (nSPS) is 11.2. The molecule has 0 atom stereocenters. The Kier molecular flexibility index (Phi) is 17.6. The van der Waals surface area contributed by atoms with Crippen LogP contribution in [0.1, 0.15) is 75.5 Å². The van der Waals surface area contributed by atoms with Crippen molar-refractivity contribution in [2.24, 2.45) is 0 Å². The van der Waals surface area contributed by atoms with Gasteiger partial charge in [0.2, 0.25) is 6.29 Å². The number of ether oxygens (including phenoxy) is 2. The number of nitrogens with one attached hydrogen (secondary N) is 1. The molecule has 0 radical (unpaired) electrons. The summed E-state index contributed by atoms with van der Waals surface area (Å²) >= 11 is 0. The van der Waals surface area contributed by atoms with E-state index < -0.39 is 33.9 Å². The van der Waals surface area contributed by atoms with E-state index in [0.717, 1.165) is 22.3 Å². The van der Waals surface area contributed by atoms with Gasteiger partial charge >= 0.3 is 10.4 Å². The van der Waals surface area contributed by atoms with E-state index in [0.29, 0.717) is 30.8 Å². The van der Waals surface area contributed by atoms with Gasteiger partial charge in [0.15, 0.2) is 17.9 Å². The Bertz CT molecular complexity index is 2610. The van der Waals surface area contributed by atoms with Crippen molar-refractivity contribution >= 4 is 28.1 Å². The summed E-state index contributed by atoms with van der Waals surface area (Å²) in [6, 6.07) is 44.5. The molecule has 2 heterocycles. The molecule has 5 N–H and O–H groups in total. The first-order chi connectivity index (χ1) is 31.1. The summed E-state index contributed by atoms with van der Waals surface area (Å²) in [6.45, 7) is 4.53. The van der Waals surface area contributed by atoms with E-state index in [-0.39, 0.29) is 52.9 Å². The lowest BCUT2D eigenvalue weighted by Crippen LogP contribution is -2.38. The average Bonchev–Trinajstić information content (AvgIpc) is 3.30. The fourth-order valence-electron chi connectivity index (χ4n) is 6.83. The molecular formula is C49H46F4N4O7S. The highest BCUT2D eigenvalue weighted by atomic mass is 32.3. The van der Waals surface area contributed by atoms with Gasteiger partial charge in [-0.05, 0) is 78.1 Å². The second-order valence-electron chi connectivity index (χ2n) is 14.1. The summed E-state index contributed by atoms with van der Waals surface area (Å²) in [6.07, 6.45) is 0.0315. The van der Waals surface area contributed by atoms with Gasteiger partial charge in [0, 0.05) is 26.1 Å². The first-order valence-electron chi connectivity index (χ1n) is 20.1. The second-order valence-corrected chi connectivity index (χ2v) is 15.0. The minimum atomic E-state index is -4.67. The fourth-order valence-corrected chi connectivity index (χ4v) is 6.83. The van der Waals surface area contributed by atoms with Crippen molar-refractivity contribution in [1.29, 1.82) is 0 Å². The van der Waals surface area contributed by atoms with Gasteiger partial charge in [-0.2, -0.15) is 8.42 Å². The quantitative estimate of drug-likeness (QED) is 0.0253. The zero-order valence-electron chi connectivity index (χ0n) is 35.2. The van der Waals surface area contributed by atoms with Crippen molar-refractivity contribution in [2.75, 3.05) is 24.3 Å². The van der Waals surface area contributed by atoms with Crippen LogP contribution < -0.4 is 11.1 Å². The number of carbonyl (C=O) groups excluding carboxylic acids is 1. The number of aromatic nitrogens is 2. The van der Waals surface area contributed by atoms with Crippen molar-refractivity contribution in [3.8, 4) is 0 Å². The van der Waals surface area contributed by atoms with E-state index in [9.17, 15) is 18.0 Å². The van der Waals surface area contributed by atoms with E-state index in [2.05, 4.69) is 15.3 Å². The molecule has 7 rings (SSSR count). The van der Waals surface area contributed by atoms with Gasteiger partial charge in [0.1, 0.15) is 22.9 Å². The molecule has 0 spiro atoms. The molecule has 2 aromatic heterocycles. The molecule has 0 saturated carbocycles. The average molecular weight is 911 g/mol. The number of nitrogens with two attached hydrogens (primary N) is 1. The van der Waals surface area contributed by atoms with E-state index in [1.54, 1.807) is 18.2 Å². The number of nitrogens with zero attached hydrogens (tertiary/aromatic N) is 2. The van der Waals surface area contributed by atoms with Gasteiger partial charge in [0.05, 0.1) is 28.5 Å². The van der Waals surface area contributed by atoms with Crippen LogP contribution in [0.3, 0.4) is 0 Å². The van der Waals surface area contributed by atoms with Crippen LogP contribution in [0.5, 0.6) is 0 Å². The Balaban J connectivity index is 0.000000284. The molecule has 0 aliphatic heterocycles. The molecule has 0 aliphatic rings. The van der Waals surface area contributed by atoms with Gasteiger partial charge < -0.3 is 20.5 Å². The summed E-state index contributed by atoms with van der Waals surface area (Å²) in [5.41, 5.74) is 9.64. The van der Waals surface area contributed by atoms with Gasteiger partial charge in [-0.15, -0.1) is 0 Å². The summed E-state index contributed by atoms with van der Waals surface area (Å²) in [5, 5.41) is 3.64. The number of nitrogen functional groups attached to an aromatic ring is 1. The zero-order valence-corrected chi connectivity index (χ0v) is 36.1. The van der Waals surface area contributed by atoms with Crippen molar-refractivity contribution in [3.05, 3.63) is 226 Å². The Labute approximate surface area is 374 Å². The Morgan fingerprint density at radius 2 is 1.05 bits per heavy atom. The van der Waals surface area contributed by atoms with Crippen LogP contribution in [0.15, 0.2) is 152 Å². The van der Waals surface area contributed by atoms with Crippen LogP contribution in [0.2, 0.25) is 0 Å². The number of anilines is 2. The van der Waals surface area contributed by atoms with Crippen molar-refractivity contribution in [1.82, 2.24) is 9.97 Å². The molecule has 5 aromatic carbocycles. The van der Waals surface area contributed by atoms with Gasteiger partial charge in [-0.25, -0.2) is 27.5 Å². The lowest BCUT2D eigenvalue weighted by Gasteiger charge is -2.38. The highest BCUT2D eigenvalue weighted by molar-refractivity contribution is 7.79. The molecule has 7 aromatic rings. The molecule has 338 valence electrons. The first-order valence-corrected chi connectivity index (χ1v) is 21.5. The monoisotopic (exact) mass is 910 g/mol. The predicted molar refractivity (Wildman–Crippen MR) is 240 cm³/mol. The number of halogens is 4. The Morgan fingerprint density at radius 1 is 0.646 bits per heavy atom. The maximum Gasteiger partial charge on any atom is 0.394 e. The van der Waals surface area contributed by atoms with Crippen LogP contribution in [0.4, 0.5) is 28.9 Å². The number of hydrogen-bond donors (Lipinski definition) is 4. The first kappa shape index (κ1) is 49.2. The number of benzene rings is 5. The van der Waals surface area contributed by atoms with Crippen LogP contribution in [0.25, 0.3) is 0 Å². The summed E-state index contributed by atoms with van der Waals surface area (Å²) in [4.78, 5) is 19.2. The fraction of sp³-hybridized carbons (Fsp3) is 0.163. The highest BCUT2D eigenvalue weighted by Gasteiger charge is 2.38. The molecule has 0 bridgehead atoms. The van der Waals surface area contributed by atoms with E-state index >= 15 is 4.39 Å². The third-order valence-electron chi connectivity index (χ3n) is 9.63. The number of carbonyl (C=O) groups is 1. The second kappa shape index (κ2) is 23.2. The molecule has 0 fully saturated rings. The third kappa shape index (κ3) is 13.8. The molecule has 0 saturated heterocycles. The maximum absolute atomic E-state index is 16.6. The minimum absolute atomic E-state index is 0.0729. The molecular weight excluding hydrogens is 865 g/mol. The smallest absolute Gasteiger partial charge is 0.394 e. The van der Waals surface area contributed by atoms with Crippen LogP contribution in [-0.4, -0.2) is 47.0 Å². The standard InChI is InChI=1S/C36H34F2N2O2.C13H10F2N2O.H2O4S/c1-3-41-35(42-4-2)33-25-32(34(38)31(39-33)24-26-20-22-30(37)23-21-26)40-36(27-14-8-5-9-15-27,28-16-10-6-11-17-28)29-18-12-7-13-19-29;14-9-3-1-8(2-4-9)5-12-13(15)11(16)6-10(7-18)17-12;1-5(2,3)4/h5-23,25,35H,3-4,24H2,1-2H3,(H,39,40);1-4,6-7H,5H2,(H2,16,17);(H2,1,2,3,4). The van der Waals surface area contributed by atoms with E-state index in [4.69, 9.17) is 32.7 Å².